The van der Waals surface area contributed by atoms with Crippen LogP contribution in [0.3, 0.4) is 0 Å². The van der Waals surface area contributed by atoms with Crippen molar-refractivity contribution in [2.75, 3.05) is 0 Å². The van der Waals surface area contributed by atoms with E-state index in [2.05, 4.69) is 4.18 Å². The van der Waals surface area contributed by atoms with Gasteiger partial charge in [-0.1, -0.05) is 6.08 Å². The number of allylic oxidation sites excluding steroid dienone is 1. The molecule has 0 aromatic heterocycles. The lowest BCUT2D eigenvalue weighted by Crippen LogP contribution is -2.43. The third kappa shape index (κ3) is 2.19. The van der Waals surface area contributed by atoms with Gasteiger partial charge in [0.15, 0.2) is 0 Å². The van der Waals surface area contributed by atoms with Crippen LogP contribution in [0.4, 0.5) is 13.2 Å². The molecule has 0 amide bonds. The lowest BCUT2D eigenvalue weighted by Gasteiger charge is -2.22. The van der Waals surface area contributed by atoms with E-state index in [0.29, 0.717) is 0 Å². The van der Waals surface area contributed by atoms with E-state index in [1.807, 2.05) is 0 Å². The highest BCUT2D eigenvalue weighted by Gasteiger charge is 2.54. The average Bonchev–Trinajstić information content (AvgIpc) is 2.50. The molecule has 0 radical (unpaired) electrons. The lowest BCUT2D eigenvalue weighted by atomic mass is 10.1. The normalized spacial score (nSPS) is 25.9. The van der Waals surface area contributed by atoms with E-state index in [9.17, 15) is 26.4 Å². The van der Waals surface area contributed by atoms with Gasteiger partial charge in [-0.15, -0.1) is 0 Å². The molecule has 1 atom stereocenters. The van der Waals surface area contributed by atoms with Gasteiger partial charge >= 0.3 is 21.6 Å². The number of alkyl halides is 3. The molecule has 0 aromatic rings. The first kappa shape index (κ1) is 13.0. The van der Waals surface area contributed by atoms with E-state index >= 15 is 0 Å². The topological polar surface area (TPSA) is 80.7 Å². The van der Waals surface area contributed by atoms with Crippen LogP contribution in [-0.2, 0) is 19.1 Å². The molecule has 9 heteroatoms. The second-order valence-corrected chi connectivity index (χ2v) is 4.66. The van der Waals surface area contributed by atoms with Crippen molar-refractivity contribution in [3.8, 4) is 0 Å². The number of carboxylic acid groups (broad SMARTS) is 1. The van der Waals surface area contributed by atoms with E-state index in [0.717, 1.165) is 6.08 Å². The quantitative estimate of drug-likeness (QED) is 0.465. The van der Waals surface area contributed by atoms with Crippen LogP contribution in [0.25, 0.3) is 0 Å². The minimum Gasteiger partial charge on any atom is -0.479 e. The van der Waals surface area contributed by atoms with Gasteiger partial charge in [0.25, 0.3) is 0 Å². The molecule has 0 heterocycles. The Balaban J connectivity index is 3.04. The molecule has 5 nitrogen and oxygen atoms in total. The number of halogens is 3. The zero-order valence-electron chi connectivity index (χ0n) is 7.69. The Labute approximate surface area is 88.6 Å². The molecule has 16 heavy (non-hydrogen) atoms. The molecule has 1 aliphatic carbocycles. The molecule has 92 valence electrons. The standard InChI is InChI=1S/C7H7F3O5S/c8-7(9,10)16(13,14)15-6(5(11)12)3-1-2-4-6/h1,3H,2,4H2,(H,11,12). The second-order valence-electron chi connectivity index (χ2n) is 3.12. The summed E-state index contributed by atoms with van der Waals surface area (Å²) in [6, 6.07) is 0. The number of carboxylic acids is 1. The maximum atomic E-state index is 12.0. The molecule has 1 unspecified atom stereocenters. The summed E-state index contributed by atoms with van der Waals surface area (Å²) in [7, 11) is -5.92. The fourth-order valence-electron chi connectivity index (χ4n) is 1.18. The van der Waals surface area contributed by atoms with Crippen LogP contribution in [0, 0.1) is 0 Å². The Morgan fingerprint density at radius 2 is 2.00 bits per heavy atom. The van der Waals surface area contributed by atoms with Crippen LogP contribution in [-0.4, -0.2) is 30.6 Å². The molecule has 0 aromatic carbocycles. The molecule has 0 saturated carbocycles. The number of hydrogen-bond donors (Lipinski definition) is 1. The van der Waals surface area contributed by atoms with Crippen molar-refractivity contribution in [3.63, 3.8) is 0 Å². The number of carbonyl (C=O) groups is 1. The number of aliphatic carboxylic acids is 1. The molecule has 1 aliphatic rings. The Morgan fingerprint density at radius 1 is 1.44 bits per heavy atom. The monoisotopic (exact) mass is 260 g/mol. The van der Waals surface area contributed by atoms with Crippen LogP contribution in [0.1, 0.15) is 12.8 Å². The van der Waals surface area contributed by atoms with Gasteiger partial charge < -0.3 is 5.11 Å². The molecule has 0 spiro atoms. The second kappa shape index (κ2) is 3.74. The van der Waals surface area contributed by atoms with Gasteiger partial charge in [0.05, 0.1) is 0 Å². The van der Waals surface area contributed by atoms with E-state index < -0.39 is 27.2 Å². The molecule has 0 aliphatic heterocycles. The molecular formula is C7H7F3O5S. The predicted octanol–water partition coefficient (Wildman–Crippen LogP) is 1.03. The predicted molar refractivity (Wildman–Crippen MR) is 44.8 cm³/mol. The molecule has 0 saturated heterocycles. The van der Waals surface area contributed by atoms with Gasteiger partial charge in [0.2, 0.25) is 5.60 Å². The van der Waals surface area contributed by atoms with Gasteiger partial charge in [-0.05, 0) is 18.9 Å². The third-order valence-electron chi connectivity index (χ3n) is 1.97. The average molecular weight is 260 g/mol. The zero-order valence-corrected chi connectivity index (χ0v) is 8.51. The van der Waals surface area contributed by atoms with Gasteiger partial charge in [-0.3, -0.25) is 0 Å². The molecule has 1 rings (SSSR count). The molecule has 0 bridgehead atoms. The zero-order chi connectivity index (χ0) is 12.6. The Morgan fingerprint density at radius 3 is 2.31 bits per heavy atom. The summed E-state index contributed by atoms with van der Waals surface area (Å²) in [4.78, 5) is 10.7. The highest BCUT2D eigenvalue weighted by atomic mass is 32.2. The van der Waals surface area contributed by atoms with Gasteiger partial charge in [-0.2, -0.15) is 21.6 Å². The summed E-state index contributed by atoms with van der Waals surface area (Å²) in [5.74, 6) is -1.77. The first-order valence-electron chi connectivity index (χ1n) is 4.04. The number of hydrogen-bond acceptors (Lipinski definition) is 4. The van der Waals surface area contributed by atoms with Crippen LogP contribution in [0.2, 0.25) is 0 Å². The van der Waals surface area contributed by atoms with Crippen molar-refractivity contribution in [1.29, 1.82) is 0 Å². The Bertz CT molecular complexity index is 424. The minimum atomic E-state index is -5.92. The van der Waals surface area contributed by atoms with Crippen molar-refractivity contribution in [1.82, 2.24) is 0 Å². The molecule has 1 N–H and O–H groups in total. The fourth-order valence-corrected chi connectivity index (χ4v) is 1.88. The van der Waals surface area contributed by atoms with Crippen LogP contribution < -0.4 is 0 Å². The van der Waals surface area contributed by atoms with E-state index in [1.165, 1.54) is 6.08 Å². The van der Waals surface area contributed by atoms with Crippen molar-refractivity contribution in [3.05, 3.63) is 12.2 Å². The summed E-state index contributed by atoms with van der Waals surface area (Å²) < 4.78 is 61.1. The fraction of sp³-hybridized carbons (Fsp3) is 0.571. The summed E-state index contributed by atoms with van der Waals surface area (Å²) in [6.07, 6.45) is 1.84. The van der Waals surface area contributed by atoms with Crippen LogP contribution in [0.5, 0.6) is 0 Å². The van der Waals surface area contributed by atoms with Crippen LogP contribution >= 0.6 is 0 Å². The highest BCUT2D eigenvalue weighted by Crippen LogP contribution is 2.34. The molecular weight excluding hydrogens is 253 g/mol. The van der Waals surface area contributed by atoms with E-state index in [4.69, 9.17) is 5.11 Å². The Kier molecular flexibility index (Phi) is 3.03. The first-order chi connectivity index (χ1) is 7.11. The van der Waals surface area contributed by atoms with Crippen molar-refractivity contribution < 1.29 is 35.7 Å². The van der Waals surface area contributed by atoms with E-state index in [1.54, 1.807) is 0 Å². The van der Waals surface area contributed by atoms with Gasteiger partial charge in [0, 0.05) is 0 Å². The summed E-state index contributed by atoms with van der Waals surface area (Å²) in [5, 5.41) is 8.68. The maximum absolute atomic E-state index is 12.0. The smallest absolute Gasteiger partial charge is 0.479 e. The van der Waals surface area contributed by atoms with Crippen molar-refractivity contribution in [2.45, 2.75) is 24.0 Å². The third-order valence-corrected chi connectivity index (χ3v) is 3.06. The van der Waals surface area contributed by atoms with Crippen molar-refractivity contribution >= 4 is 16.1 Å². The van der Waals surface area contributed by atoms with Gasteiger partial charge in [-0.25, -0.2) is 8.98 Å². The Hall–Kier alpha value is -1.09. The van der Waals surface area contributed by atoms with Crippen molar-refractivity contribution in [2.24, 2.45) is 0 Å². The summed E-state index contributed by atoms with van der Waals surface area (Å²) in [6.45, 7) is 0. The highest BCUT2D eigenvalue weighted by molar-refractivity contribution is 7.87. The van der Waals surface area contributed by atoms with Gasteiger partial charge in [0.1, 0.15) is 0 Å². The molecule has 0 fully saturated rings. The van der Waals surface area contributed by atoms with Crippen LogP contribution in [0.15, 0.2) is 12.2 Å². The lowest BCUT2D eigenvalue weighted by molar-refractivity contribution is -0.152. The summed E-state index contributed by atoms with van der Waals surface area (Å²) in [5.41, 5.74) is -8.07. The largest absolute Gasteiger partial charge is 0.523 e. The number of rotatable bonds is 3. The minimum absolute atomic E-state index is 0.139. The first-order valence-corrected chi connectivity index (χ1v) is 5.44. The summed E-state index contributed by atoms with van der Waals surface area (Å²) >= 11 is 0. The maximum Gasteiger partial charge on any atom is 0.523 e. The van der Waals surface area contributed by atoms with E-state index in [-0.39, 0.29) is 12.8 Å². The SMILES string of the molecule is O=C(O)C1(OS(=O)(=O)C(F)(F)F)C=CCC1.